The van der Waals surface area contributed by atoms with E-state index in [-0.39, 0.29) is 5.60 Å². The first kappa shape index (κ1) is 9.88. The van der Waals surface area contributed by atoms with Gasteiger partial charge in [-0.1, -0.05) is 0 Å². The van der Waals surface area contributed by atoms with Crippen LogP contribution < -0.4 is 5.32 Å². The van der Waals surface area contributed by atoms with Crippen LogP contribution in [0.4, 0.5) is 0 Å². The van der Waals surface area contributed by atoms with Gasteiger partial charge in [-0.2, -0.15) is 0 Å². The fourth-order valence-electron chi connectivity index (χ4n) is 0.657. The van der Waals surface area contributed by atoms with Crippen LogP contribution in [0.25, 0.3) is 0 Å². The van der Waals surface area contributed by atoms with Crippen molar-refractivity contribution in [3.05, 3.63) is 0 Å². The molecule has 0 aromatic carbocycles. The van der Waals surface area contributed by atoms with Crippen LogP contribution in [-0.2, 0) is 9.47 Å². The summed E-state index contributed by atoms with van der Waals surface area (Å²) < 4.78 is 10.3. The number of hydrogen-bond donors (Lipinski definition) is 1. The van der Waals surface area contributed by atoms with Crippen molar-refractivity contribution in [3.8, 4) is 0 Å². The highest BCUT2D eigenvalue weighted by atomic mass is 16.5. The van der Waals surface area contributed by atoms with E-state index in [4.69, 9.17) is 9.47 Å². The Morgan fingerprint density at radius 2 is 2.00 bits per heavy atom. The molecule has 0 spiro atoms. The Bertz CT molecular complexity index is 83.7. The van der Waals surface area contributed by atoms with Crippen LogP contribution in [0.1, 0.15) is 13.8 Å². The molecule has 0 heterocycles. The fraction of sp³-hybridized carbons (Fsp3) is 1.00. The highest BCUT2D eigenvalue weighted by Gasteiger charge is 2.16. The minimum atomic E-state index is -0.183. The summed E-state index contributed by atoms with van der Waals surface area (Å²) in [5.41, 5.74) is -0.183. The second kappa shape index (κ2) is 4.66. The third kappa shape index (κ3) is 4.73. The third-order valence-corrected chi connectivity index (χ3v) is 1.10. The molecule has 0 amide bonds. The summed E-state index contributed by atoms with van der Waals surface area (Å²) in [7, 11) is 3.52. The van der Waals surface area contributed by atoms with Gasteiger partial charge in [0.1, 0.15) is 0 Å². The summed E-state index contributed by atoms with van der Waals surface area (Å²) in [4.78, 5) is 0. The Kier molecular flexibility index (Phi) is 4.60. The Hall–Kier alpha value is -0.120. The predicted octanol–water partition coefficient (Wildman–Crippen LogP) is 0.605. The van der Waals surface area contributed by atoms with Crippen molar-refractivity contribution >= 4 is 0 Å². The van der Waals surface area contributed by atoms with Crippen molar-refractivity contribution in [1.29, 1.82) is 0 Å². The number of ether oxygens (including phenoxy) is 2. The molecule has 0 aromatic rings. The van der Waals surface area contributed by atoms with E-state index in [1.165, 1.54) is 0 Å². The fourth-order valence-corrected chi connectivity index (χ4v) is 0.657. The van der Waals surface area contributed by atoms with Gasteiger partial charge in [0.25, 0.3) is 0 Å². The largest absolute Gasteiger partial charge is 0.382 e. The molecule has 0 bridgehead atoms. The minimum absolute atomic E-state index is 0.183. The van der Waals surface area contributed by atoms with Gasteiger partial charge in [0.15, 0.2) is 0 Å². The first-order valence-electron chi connectivity index (χ1n) is 3.40. The minimum Gasteiger partial charge on any atom is -0.382 e. The number of hydrogen-bond acceptors (Lipinski definition) is 3. The zero-order valence-corrected chi connectivity index (χ0v) is 7.23. The topological polar surface area (TPSA) is 30.5 Å². The maximum atomic E-state index is 5.38. The normalized spacial score (nSPS) is 12.0. The average Bonchev–Trinajstić information content (AvgIpc) is 1.84. The molecule has 3 nitrogen and oxygen atoms in total. The zero-order valence-electron chi connectivity index (χ0n) is 7.23. The summed E-state index contributed by atoms with van der Waals surface area (Å²) in [6.45, 7) is 5.17. The molecule has 0 aromatic heterocycles. The lowest BCUT2D eigenvalue weighted by Crippen LogP contribution is -2.33. The molecule has 0 fully saturated rings. The first-order chi connectivity index (χ1) is 4.62. The molecule has 0 unspecified atom stereocenters. The summed E-state index contributed by atoms with van der Waals surface area (Å²) >= 11 is 0. The van der Waals surface area contributed by atoms with Crippen LogP contribution in [0, 0.1) is 0 Å². The average molecular weight is 147 g/mol. The highest BCUT2D eigenvalue weighted by Crippen LogP contribution is 2.07. The van der Waals surface area contributed by atoms with Crippen LogP contribution in [0.5, 0.6) is 0 Å². The van der Waals surface area contributed by atoms with Crippen molar-refractivity contribution < 1.29 is 9.47 Å². The lowest BCUT2D eigenvalue weighted by atomic mass is 10.1. The quantitative estimate of drug-likeness (QED) is 0.578. The van der Waals surface area contributed by atoms with E-state index in [1.54, 1.807) is 7.11 Å². The maximum Gasteiger partial charge on any atom is 0.0971 e. The maximum absolute atomic E-state index is 5.38. The predicted molar refractivity (Wildman–Crippen MR) is 41.0 cm³/mol. The molecule has 1 N–H and O–H groups in total. The highest BCUT2D eigenvalue weighted by molar-refractivity contribution is 4.65. The molecule has 0 saturated carbocycles. The summed E-state index contributed by atoms with van der Waals surface area (Å²) in [5.74, 6) is 0. The second-order valence-electron chi connectivity index (χ2n) is 2.83. The van der Waals surface area contributed by atoms with Gasteiger partial charge >= 0.3 is 0 Å². The van der Waals surface area contributed by atoms with E-state index in [1.807, 2.05) is 20.9 Å². The van der Waals surface area contributed by atoms with Crippen LogP contribution in [0.2, 0.25) is 0 Å². The monoisotopic (exact) mass is 147 g/mol. The summed E-state index contributed by atoms with van der Waals surface area (Å²) in [6.07, 6.45) is 0. The van der Waals surface area contributed by atoms with Gasteiger partial charge in [0.05, 0.1) is 18.9 Å². The number of methoxy groups -OCH3 is 1. The number of rotatable bonds is 5. The molecular formula is C7H17NO2. The van der Waals surface area contributed by atoms with E-state index in [2.05, 4.69) is 5.32 Å². The van der Waals surface area contributed by atoms with Crippen LogP contribution in [-0.4, -0.2) is 33.1 Å². The Balaban J connectivity index is 3.42. The van der Waals surface area contributed by atoms with Crippen molar-refractivity contribution in [2.45, 2.75) is 19.4 Å². The second-order valence-corrected chi connectivity index (χ2v) is 2.83. The SMILES string of the molecule is CNCOC(C)(C)COC. The smallest absolute Gasteiger partial charge is 0.0971 e. The van der Waals surface area contributed by atoms with E-state index in [0.29, 0.717) is 13.3 Å². The zero-order chi connectivity index (χ0) is 8.04. The van der Waals surface area contributed by atoms with Crippen molar-refractivity contribution in [1.82, 2.24) is 5.32 Å². The molecular weight excluding hydrogens is 130 g/mol. The van der Waals surface area contributed by atoms with Crippen LogP contribution in [0.3, 0.4) is 0 Å². The van der Waals surface area contributed by atoms with Gasteiger partial charge in [-0.3, -0.25) is 5.32 Å². The van der Waals surface area contributed by atoms with E-state index in [0.717, 1.165) is 0 Å². The molecule has 0 aliphatic rings. The molecule has 10 heavy (non-hydrogen) atoms. The van der Waals surface area contributed by atoms with Crippen molar-refractivity contribution in [2.24, 2.45) is 0 Å². The van der Waals surface area contributed by atoms with E-state index >= 15 is 0 Å². The first-order valence-corrected chi connectivity index (χ1v) is 3.40. The van der Waals surface area contributed by atoms with Crippen LogP contribution >= 0.6 is 0 Å². The van der Waals surface area contributed by atoms with Crippen LogP contribution in [0.15, 0.2) is 0 Å². The van der Waals surface area contributed by atoms with Crippen molar-refractivity contribution in [3.63, 3.8) is 0 Å². The molecule has 0 saturated heterocycles. The lowest BCUT2D eigenvalue weighted by molar-refractivity contribution is -0.0694. The third-order valence-electron chi connectivity index (χ3n) is 1.10. The molecule has 0 rings (SSSR count). The van der Waals surface area contributed by atoms with Gasteiger partial charge in [0, 0.05) is 7.11 Å². The molecule has 0 aliphatic heterocycles. The molecule has 62 valence electrons. The van der Waals surface area contributed by atoms with Crippen molar-refractivity contribution in [2.75, 3.05) is 27.5 Å². The number of nitrogens with one attached hydrogen (secondary N) is 1. The summed E-state index contributed by atoms with van der Waals surface area (Å²) in [5, 5.41) is 2.90. The van der Waals surface area contributed by atoms with E-state index < -0.39 is 0 Å². The molecule has 0 radical (unpaired) electrons. The Labute approximate surface area is 62.7 Å². The van der Waals surface area contributed by atoms with Gasteiger partial charge < -0.3 is 9.47 Å². The lowest BCUT2D eigenvalue weighted by Gasteiger charge is -2.23. The van der Waals surface area contributed by atoms with Gasteiger partial charge in [-0.15, -0.1) is 0 Å². The van der Waals surface area contributed by atoms with Gasteiger partial charge in [-0.05, 0) is 20.9 Å². The molecule has 0 atom stereocenters. The van der Waals surface area contributed by atoms with Gasteiger partial charge in [0.2, 0.25) is 0 Å². The van der Waals surface area contributed by atoms with Gasteiger partial charge in [-0.25, -0.2) is 0 Å². The molecule has 0 aliphatic carbocycles. The molecule has 3 heteroatoms. The Morgan fingerprint density at radius 1 is 1.40 bits per heavy atom. The standard InChI is InChI=1S/C7H17NO2/c1-7(2,5-9-4)10-6-8-3/h8H,5-6H2,1-4H3. The summed E-state index contributed by atoms with van der Waals surface area (Å²) in [6, 6.07) is 0. The van der Waals surface area contributed by atoms with E-state index in [9.17, 15) is 0 Å². The Morgan fingerprint density at radius 3 is 2.40 bits per heavy atom.